The van der Waals surface area contributed by atoms with Crippen molar-refractivity contribution in [2.45, 2.75) is 18.2 Å². The van der Waals surface area contributed by atoms with Crippen molar-refractivity contribution in [3.8, 4) is 0 Å². The van der Waals surface area contributed by atoms with Gasteiger partial charge < -0.3 is 15.0 Å². The molecular weight excluding hydrogens is 376 g/mol. The van der Waals surface area contributed by atoms with Crippen LogP contribution in [0.15, 0.2) is 53.4 Å². The van der Waals surface area contributed by atoms with E-state index >= 15 is 0 Å². The summed E-state index contributed by atoms with van der Waals surface area (Å²) in [5.74, 6) is -1.63. The Morgan fingerprint density at radius 2 is 2.00 bits per heavy atom. The van der Waals surface area contributed by atoms with Crippen LogP contribution in [0.5, 0.6) is 0 Å². The van der Waals surface area contributed by atoms with E-state index in [2.05, 4.69) is 5.32 Å². The van der Waals surface area contributed by atoms with Crippen LogP contribution in [0, 0.1) is 12.8 Å². The van der Waals surface area contributed by atoms with E-state index < -0.39 is 17.8 Å². The maximum Gasteiger partial charge on any atom is 0.311 e. The summed E-state index contributed by atoms with van der Waals surface area (Å²) in [5.41, 5.74) is 2.44. The van der Waals surface area contributed by atoms with Crippen LogP contribution in [0.3, 0.4) is 0 Å². The summed E-state index contributed by atoms with van der Waals surface area (Å²) >= 11 is 1.59. The Morgan fingerprint density at radius 1 is 1.21 bits per heavy atom. The third-order valence-electron chi connectivity index (χ3n) is 4.47. The number of carbonyl (C=O) groups is 3. The highest BCUT2D eigenvalue weighted by molar-refractivity contribution is 7.98. The van der Waals surface area contributed by atoms with Gasteiger partial charge in [0.15, 0.2) is 6.61 Å². The number of nitrogens with zero attached hydrogens (tertiary/aromatic N) is 1. The quantitative estimate of drug-likeness (QED) is 0.597. The van der Waals surface area contributed by atoms with Gasteiger partial charge in [0.2, 0.25) is 5.91 Å². The molecule has 1 atom stereocenters. The van der Waals surface area contributed by atoms with Crippen LogP contribution < -0.4 is 10.2 Å². The van der Waals surface area contributed by atoms with Crippen molar-refractivity contribution in [3.63, 3.8) is 0 Å². The second-order valence-corrected chi connectivity index (χ2v) is 7.51. The molecule has 7 heteroatoms. The van der Waals surface area contributed by atoms with Gasteiger partial charge in [0.05, 0.1) is 5.92 Å². The monoisotopic (exact) mass is 398 g/mol. The zero-order chi connectivity index (χ0) is 20.1. The van der Waals surface area contributed by atoms with Gasteiger partial charge in [0.25, 0.3) is 5.91 Å². The summed E-state index contributed by atoms with van der Waals surface area (Å²) in [5, 5.41) is 2.69. The lowest BCUT2D eigenvalue weighted by atomic mass is 10.1. The molecule has 3 rings (SSSR count). The number of thioether (sulfide) groups is 1. The predicted molar refractivity (Wildman–Crippen MR) is 109 cm³/mol. The molecule has 0 unspecified atom stereocenters. The van der Waals surface area contributed by atoms with Crippen LogP contribution in [0.4, 0.5) is 11.4 Å². The standard InChI is InChI=1S/C21H22N2O4S/c1-14-5-3-6-16(9-14)22-19(24)13-27-21(26)15-10-20(25)23(12-15)17-7-4-8-18(11-17)28-2/h3-9,11,15H,10,12-13H2,1-2H3,(H,22,24)/t15-/m0/s1. The molecule has 2 amide bonds. The second kappa shape index (κ2) is 8.93. The summed E-state index contributed by atoms with van der Waals surface area (Å²) in [6.07, 6.45) is 2.05. The van der Waals surface area contributed by atoms with Crippen molar-refractivity contribution in [2.24, 2.45) is 5.92 Å². The van der Waals surface area contributed by atoms with Crippen LogP contribution in [0.1, 0.15) is 12.0 Å². The molecule has 0 radical (unpaired) electrons. The lowest BCUT2D eigenvalue weighted by Gasteiger charge is -2.17. The number of amides is 2. The molecule has 1 heterocycles. The summed E-state index contributed by atoms with van der Waals surface area (Å²) in [6, 6.07) is 15.0. The van der Waals surface area contributed by atoms with Gasteiger partial charge in [-0.05, 0) is 49.1 Å². The number of ether oxygens (including phenoxy) is 1. The number of anilines is 2. The number of benzene rings is 2. The highest BCUT2D eigenvalue weighted by Gasteiger charge is 2.36. The van der Waals surface area contributed by atoms with Crippen LogP contribution in [-0.2, 0) is 19.1 Å². The minimum Gasteiger partial charge on any atom is -0.455 e. The van der Waals surface area contributed by atoms with E-state index in [4.69, 9.17) is 4.74 Å². The summed E-state index contributed by atoms with van der Waals surface area (Å²) in [6.45, 7) is 1.81. The fraction of sp³-hybridized carbons (Fsp3) is 0.286. The Bertz CT molecular complexity index is 899. The third-order valence-corrected chi connectivity index (χ3v) is 5.20. The Morgan fingerprint density at radius 3 is 2.75 bits per heavy atom. The summed E-state index contributed by atoms with van der Waals surface area (Å²) < 4.78 is 5.13. The van der Waals surface area contributed by atoms with Crippen molar-refractivity contribution in [3.05, 3.63) is 54.1 Å². The smallest absolute Gasteiger partial charge is 0.311 e. The first-order valence-corrected chi connectivity index (χ1v) is 10.2. The van der Waals surface area contributed by atoms with E-state index in [0.717, 1.165) is 16.1 Å². The Labute approximate surface area is 168 Å². The van der Waals surface area contributed by atoms with Crippen LogP contribution in [0.25, 0.3) is 0 Å². The van der Waals surface area contributed by atoms with Crippen molar-refractivity contribution < 1.29 is 19.1 Å². The van der Waals surface area contributed by atoms with E-state index in [1.165, 1.54) is 0 Å². The first-order chi connectivity index (χ1) is 13.5. The summed E-state index contributed by atoms with van der Waals surface area (Å²) in [7, 11) is 0. The van der Waals surface area contributed by atoms with Crippen molar-refractivity contribution >= 4 is 40.9 Å². The predicted octanol–water partition coefficient (Wildman–Crippen LogP) is 3.25. The van der Waals surface area contributed by atoms with Crippen molar-refractivity contribution in [1.82, 2.24) is 0 Å². The van der Waals surface area contributed by atoms with Gasteiger partial charge in [-0.2, -0.15) is 0 Å². The molecule has 1 saturated heterocycles. The third kappa shape index (κ3) is 4.92. The van der Waals surface area contributed by atoms with E-state index in [1.54, 1.807) is 22.7 Å². The number of esters is 1. The molecule has 1 aliphatic rings. The van der Waals surface area contributed by atoms with Crippen LogP contribution in [-0.4, -0.2) is 37.2 Å². The maximum atomic E-state index is 12.3. The van der Waals surface area contributed by atoms with Gasteiger partial charge in [-0.25, -0.2) is 0 Å². The largest absolute Gasteiger partial charge is 0.455 e. The zero-order valence-corrected chi connectivity index (χ0v) is 16.6. The van der Waals surface area contributed by atoms with E-state index in [1.807, 2.05) is 55.6 Å². The van der Waals surface area contributed by atoms with E-state index in [-0.39, 0.29) is 25.5 Å². The normalized spacial score (nSPS) is 16.1. The van der Waals surface area contributed by atoms with E-state index in [0.29, 0.717) is 5.69 Å². The first kappa shape index (κ1) is 19.9. The molecule has 2 aromatic rings. The molecular formula is C21H22N2O4S. The summed E-state index contributed by atoms with van der Waals surface area (Å²) in [4.78, 5) is 39.3. The molecule has 0 aliphatic carbocycles. The molecule has 0 aromatic heterocycles. The highest BCUT2D eigenvalue weighted by atomic mass is 32.2. The molecule has 1 fully saturated rings. The van der Waals surface area contributed by atoms with Gasteiger partial charge >= 0.3 is 5.97 Å². The first-order valence-electron chi connectivity index (χ1n) is 8.94. The maximum absolute atomic E-state index is 12.3. The number of hydrogen-bond acceptors (Lipinski definition) is 5. The van der Waals surface area contributed by atoms with Gasteiger partial charge in [0, 0.05) is 29.2 Å². The number of hydrogen-bond donors (Lipinski definition) is 1. The number of carbonyl (C=O) groups excluding carboxylic acids is 3. The Balaban J connectivity index is 1.53. The van der Waals surface area contributed by atoms with Crippen LogP contribution >= 0.6 is 11.8 Å². The average molecular weight is 398 g/mol. The second-order valence-electron chi connectivity index (χ2n) is 6.63. The lowest BCUT2D eigenvalue weighted by Crippen LogP contribution is -2.28. The van der Waals surface area contributed by atoms with Crippen molar-refractivity contribution in [2.75, 3.05) is 29.6 Å². The molecule has 2 aromatic carbocycles. The molecule has 28 heavy (non-hydrogen) atoms. The van der Waals surface area contributed by atoms with Crippen molar-refractivity contribution in [1.29, 1.82) is 0 Å². The molecule has 0 saturated carbocycles. The van der Waals surface area contributed by atoms with Gasteiger partial charge in [-0.1, -0.05) is 18.2 Å². The zero-order valence-electron chi connectivity index (χ0n) is 15.8. The number of rotatable bonds is 6. The number of aryl methyl sites for hydroxylation is 1. The Kier molecular flexibility index (Phi) is 6.36. The Hall–Kier alpha value is -2.80. The fourth-order valence-electron chi connectivity index (χ4n) is 3.07. The molecule has 1 N–H and O–H groups in total. The number of nitrogens with one attached hydrogen (secondary N) is 1. The molecule has 146 valence electrons. The molecule has 0 bridgehead atoms. The van der Waals surface area contributed by atoms with Gasteiger partial charge in [-0.3, -0.25) is 14.4 Å². The molecule has 1 aliphatic heterocycles. The highest BCUT2D eigenvalue weighted by Crippen LogP contribution is 2.28. The minimum absolute atomic E-state index is 0.0851. The topological polar surface area (TPSA) is 75.7 Å². The van der Waals surface area contributed by atoms with Crippen LogP contribution in [0.2, 0.25) is 0 Å². The lowest BCUT2D eigenvalue weighted by molar-refractivity contribution is -0.151. The van der Waals surface area contributed by atoms with Gasteiger partial charge in [0.1, 0.15) is 0 Å². The molecule has 6 nitrogen and oxygen atoms in total. The average Bonchev–Trinajstić information content (AvgIpc) is 3.08. The van der Waals surface area contributed by atoms with E-state index in [9.17, 15) is 14.4 Å². The SMILES string of the molecule is CSc1cccc(N2C[C@@H](C(=O)OCC(=O)Nc3cccc(C)c3)CC2=O)c1. The minimum atomic E-state index is -0.572. The fourth-order valence-corrected chi connectivity index (χ4v) is 3.52. The van der Waals surface area contributed by atoms with Gasteiger partial charge in [-0.15, -0.1) is 11.8 Å². The molecule has 0 spiro atoms.